The van der Waals surface area contributed by atoms with Gasteiger partial charge in [0, 0.05) is 5.41 Å². The maximum absolute atomic E-state index is 11.3. The van der Waals surface area contributed by atoms with Gasteiger partial charge in [0.15, 0.2) is 0 Å². The van der Waals surface area contributed by atoms with Gasteiger partial charge < -0.3 is 15.2 Å². The van der Waals surface area contributed by atoms with Crippen molar-refractivity contribution in [2.24, 2.45) is 11.1 Å². The standard InChI is InChI=1S/C22H27NO3/c1-13(2)25-17-7-9-18(14(3)10-17)15-6-8-19-16(11-15)12-22(4,5)20(19)26-21(23)24/h6-11,13,20H,12H2,1-5H3,(H2,23,24)/t20-/m0/s1. The summed E-state index contributed by atoms with van der Waals surface area (Å²) in [5.74, 6) is 0.887. The fourth-order valence-corrected chi connectivity index (χ4v) is 3.83. The van der Waals surface area contributed by atoms with Crippen molar-refractivity contribution in [2.75, 3.05) is 0 Å². The summed E-state index contributed by atoms with van der Waals surface area (Å²) in [6.07, 6.45) is -0.0185. The van der Waals surface area contributed by atoms with Gasteiger partial charge in [-0.3, -0.25) is 0 Å². The molecule has 0 aromatic heterocycles. The van der Waals surface area contributed by atoms with Crippen LogP contribution in [0.4, 0.5) is 4.79 Å². The van der Waals surface area contributed by atoms with Crippen LogP contribution in [0.5, 0.6) is 5.75 Å². The third kappa shape index (κ3) is 3.55. The highest BCUT2D eigenvalue weighted by Gasteiger charge is 2.41. The summed E-state index contributed by atoms with van der Waals surface area (Å²) in [6, 6.07) is 12.5. The van der Waals surface area contributed by atoms with E-state index >= 15 is 0 Å². The molecule has 0 radical (unpaired) electrons. The first-order valence-electron chi connectivity index (χ1n) is 9.04. The van der Waals surface area contributed by atoms with Crippen molar-refractivity contribution < 1.29 is 14.3 Å². The molecule has 2 aromatic rings. The normalized spacial score (nSPS) is 17.8. The SMILES string of the molecule is Cc1cc(OC(C)C)ccc1-c1ccc2c(c1)CC(C)(C)[C@H]2OC(N)=O. The predicted molar refractivity (Wildman–Crippen MR) is 103 cm³/mol. The molecule has 0 saturated heterocycles. The van der Waals surface area contributed by atoms with Crippen molar-refractivity contribution in [3.63, 3.8) is 0 Å². The van der Waals surface area contributed by atoms with Crippen LogP contribution in [0.3, 0.4) is 0 Å². The second-order valence-electron chi connectivity index (χ2n) is 8.04. The topological polar surface area (TPSA) is 61.6 Å². The van der Waals surface area contributed by atoms with E-state index in [9.17, 15) is 4.79 Å². The van der Waals surface area contributed by atoms with Crippen molar-refractivity contribution in [2.45, 2.75) is 53.2 Å². The Hall–Kier alpha value is -2.49. The zero-order valence-corrected chi connectivity index (χ0v) is 16.1. The molecule has 138 valence electrons. The van der Waals surface area contributed by atoms with E-state index in [0.29, 0.717) is 0 Å². The molecule has 3 rings (SSSR count). The van der Waals surface area contributed by atoms with Crippen LogP contribution in [-0.2, 0) is 11.2 Å². The van der Waals surface area contributed by atoms with Crippen LogP contribution in [0, 0.1) is 12.3 Å². The van der Waals surface area contributed by atoms with Crippen LogP contribution in [0.2, 0.25) is 0 Å². The number of carbonyl (C=O) groups is 1. The van der Waals surface area contributed by atoms with Crippen LogP contribution < -0.4 is 10.5 Å². The zero-order valence-electron chi connectivity index (χ0n) is 16.1. The Morgan fingerprint density at radius 2 is 1.92 bits per heavy atom. The molecule has 1 aliphatic carbocycles. The molecule has 0 heterocycles. The highest BCUT2D eigenvalue weighted by molar-refractivity contribution is 5.70. The Balaban J connectivity index is 1.94. The quantitative estimate of drug-likeness (QED) is 0.825. The maximum Gasteiger partial charge on any atom is 0.405 e. The summed E-state index contributed by atoms with van der Waals surface area (Å²) < 4.78 is 11.2. The number of carbonyl (C=O) groups excluding carboxylic acids is 1. The predicted octanol–water partition coefficient (Wildman–Crippen LogP) is 5.17. The van der Waals surface area contributed by atoms with Crippen molar-refractivity contribution in [1.29, 1.82) is 0 Å². The molecule has 0 bridgehead atoms. The fourth-order valence-electron chi connectivity index (χ4n) is 3.83. The first-order chi connectivity index (χ1) is 12.2. The molecular weight excluding hydrogens is 326 g/mol. The number of hydrogen-bond acceptors (Lipinski definition) is 3. The molecule has 1 atom stereocenters. The Labute approximate surface area is 155 Å². The van der Waals surface area contributed by atoms with E-state index in [4.69, 9.17) is 15.2 Å². The van der Waals surface area contributed by atoms with Crippen LogP contribution in [0.15, 0.2) is 36.4 Å². The van der Waals surface area contributed by atoms with Gasteiger partial charge >= 0.3 is 6.09 Å². The summed E-state index contributed by atoms with van der Waals surface area (Å²) in [7, 11) is 0. The van der Waals surface area contributed by atoms with Crippen LogP contribution in [-0.4, -0.2) is 12.2 Å². The molecule has 4 nitrogen and oxygen atoms in total. The van der Waals surface area contributed by atoms with Gasteiger partial charge in [0.1, 0.15) is 11.9 Å². The van der Waals surface area contributed by atoms with Crippen LogP contribution in [0.1, 0.15) is 50.5 Å². The molecular formula is C22H27NO3. The van der Waals surface area contributed by atoms with Crippen LogP contribution >= 0.6 is 0 Å². The number of rotatable bonds is 4. The number of nitrogens with two attached hydrogens (primary N) is 1. The molecule has 0 aliphatic heterocycles. The van der Waals surface area contributed by atoms with Gasteiger partial charge in [-0.1, -0.05) is 38.1 Å². The minimum Gasteiger partial charge on any atom is -0.491 e. The second-order valence-corrected chi connectivity index (χ2v) is 8.04. The molecule has 1 aliphatic rings. The number of benzene rings is 2. The van der Waals surface area contributed by atoms with Gasteiger partial charge in [0.2, 0.25) is 0 Å². The fraction of sp³-hybridized carbons (Fsp3) is 0.409. The minimum absolute atomic E-state index is 0.157. The van der Waals surface area contributed by atoms with Gasteiger partial charge in [-0.15, -0.1) is 0 Å². The summed E-state index contributed by atoms with van der Waals surface area (Å²) in [4.78, 5) is 11.3. The lowest BCUT2D eigenvalue weighted by molar-refractivity contribution is 0.0392. The largest absolute Gasteiger partial charge is 0.491 e. The lowest BCUT2D eigenvalue weighted by Crippen LogP contribution is -2.25. The molecule has 0 saturated carbocycles. The first-order valence-corrected chi connectivity index (χ1v) is 9.04. The van der Waals surface area contributed by atoms with Gasteiger partial charge in [-0.25, -0.2) is 4.79 Å². The van der Waals surface area contributed by atoms with Gasteiger partial charge in [0.05, 0.1) is 6.10 Å². The average Bonchev–Trinajstić information content (AvgIpc) is 2.76. The zero-order chi connectivity index (χ0) is 19.1. The van der Waals surface area contributed by atoms with Crippen LogP contribution in [0.25, 0.3) is 11.1 Å². The third-order valence-corrected chi connectivity index (χ3v) is 4.90. The number of ether oxygens (including phenoxy) is 2. The first kappa shape index (κ1) is 18.3. The summed E-state index contributed by atoms with van der Waals surface area (Å²) >= 11 is 0. The molecule has 1 amide bonds. The molecule has 0 spiro atoms. The Morgan fingerprint density at radius 3 is 2.54 bits per heavy atom. The lowest BCUT2D eigenvalue weighted by atomic mass is 9.87. The molecule has 0 fully saturated rings. The number of fused-ring (bicyclic) bond motifs is 1. The second kappa shape index (κ2) is 6.67. The Bertz CT molecular complexity index is 839. The van der Waals surface area contributed by atoms with E-state index < -0.39 is 6.09 Å². The molecule has 26 heavy (non-hydrogen) atoms. The van der Waals surface area contributed by atoms with E-state index in [1.165, 1.54) is 16.7 Å². The minimum atomic E-state index is -0.725. The number of primary amides is 1. The van der Waals surface area contributed by atoms with Crippen molar-refractivity contribution >= 4 is 6.09 Å². The molecule has 0 unspecified atom stereocenters. The third-order valence-electron chi connectivity index (χ3n) is 4.90. The smallest absolute Gasteiger partial charge is 0.405 e. The Morgan fingerprint density at radius 1 is 1.19 bits per heavy atom. The van der Waals surface area contributed by atoms with Gasteiger partial charge in [-0.05, 0) is 67.1 Å². The van der Waals surface area contributed by atoms with Gasteiger partial charge in [-0.2, -0.15) is 0 Å². The monoisotopic (exact) mass is 353 g/mol. The van der Waals surface area contributed by atoms with Crippen molar-refractivity contribution in [3.05, 3.63) is 53.1 Å². The summed E-state index contributed by atoms with van der Waals surface area (Å²) in [5, 5.41) is 0. The highest BCUT2D eigenvalue weighted by atomic mass is 16.6. The maximum atomic E-state index is 11.3. The summed E-state index contributed by atoms with van der Waals surface area (Å²) in [6.45, 7) is 10.3. The van der Waals surface area contributed by atoms with E-state index in [2.05, 4.69) is 51.1 Å². The lowest BCUT2D eigenvalue weighted by Gasteiger charge is -2.26. The van der Waals surface area contributed by atoms with E-state index in [1.54, 1.807) is 0 Å². The van der Waals surface area contributed by atoms with Crippen molar-refractivity contribution in [3.8, 4) is 16.9 Å². The number of amides is 1. The van der Waals surface area contributed by atoms with Gasteiger partial charge in [0.25, 0.3) is 0 Å². The molecule has 4 heteroatoms. The van der Waals surface area contributed by atoms with E-state index in [0.717, 1.165) is 23.3 Å². The van der Waals surface area contributed by atoms with Crippen molar-refractivity contribution in [1.82, 2.24) is 0 Å². The van der Waals surface area contributed by atoms with E-state index in [-0.39, 0.29) is 17.6 Å². The Kier molecular flexibility index (Phi) is 4.70. The molecule has 2 aromatic carbocycles. The number of hydrogen-bond donors (Lipinski definition) is 1. The summed E-state index contributed by atoms with van der Waals surface area (Å²) in [5.41, 5.74) is 10.9. The average molecular weight is 353 g/mol. The molecule has 2 N–H and O–H groups in total. The highest BCUT2D eigenvalue weighted by Crippen LogP contribution is 2.48. The number of aryl methyl sites for hydroxylation is 1. The van der Waals surface area contributed by atoms with E-state index in [1.807, 2.05) is 19.9 Å².